The highest BCUT2D eigenvalue weighted by Crippen LogP contribution is 2.31. The van der Waals surface area contributed by atoms with Gasteiger partial charge in [-0.1, -0.05) is 24.3 Å². The van der Waals surface area contributed by atoms with Gasteiger partial charge in [-0.25, -0.2) is 0 Å². The third-order valence-corrected chi connectivity index (χ3v) is 11.1. The largest absolute Gasteiger partial charge is 0.488 e. The lowest BCUT2D eigenvalue weighted by Gasteiger charge is -2.39. The summed E-state index contributed by atoms with van der Waals surface area (Å²) in [6.45, 7) is 5.24. The zero-order valence-corrected chi connectivity index (χ0v) is 30.7. The molecular weight excluding hydrogens is 705 g/mol. The van der Waals surface area contributed by atoms with Crippen molar-refractivity contribution in [2.45, 2.75) is 101 Å². The van der Waals surface area contributed by atoms with E-state index in [1.165, 1.54) is 0 Å². The summed E-state index contributed by atoms with van der Waals surface area (Å²) in [6.07, 6.45) is -5.23. The molecule has 2 aliphatic heterocycles. The normalized spacial score (nSPS) is 27.1. The van der Waals surface area contributed by atoms with E-state index in [0.29, 0.717) is 30.7 Å². The molecule has 53 heavy (non-hydrogen) atoms. The molecule has 2 saturated heterocycles. The zero-order valence-electron chi connectivity index (χ0n) is 29.9. The van der Waals surface area contributed by atoms with Crippen molar-refractivity contribution < 1.29 is 49.0 Å². The number of benzene rings is 2. The van der Waals surface area contributed by atoms with Gasteiger partial charge in [0.15, 0.2) is 6.29 Å². The van der Waals surface area contributed by atoms with Gasteiger partial charge in [0.05, 0.1) is 19.3 Å². The molecule has 9 N–H and O–H groups in total. The summed E-state index contributed by atoms with van der Waals surface area (Å²) in [5.41, 5.74) is 9.53. The molecule has 1 aromatic heterocycles. The fourth-order valence-electron chi connectivity index (χ4n) is 6.60. The number of esters is 1. The van der Waals surface area contributed by atoms with Crippen LogP contribution in [0.4, 0.5) is 0 Å². The highest BCUT2D eigenvalue weighted by molar-refractivity contribution is 7.15. The monoisotopic (exact) mass is 754 g/mol. The van der Waals surface area contributed by atoms with E-state index in [1.54, 1.807) is 11.3 Å². The number of aliphatic hydroxyl groups excluding tert-OH is 4. The molecule has 0 radical (unpaired) electrons. The summed E-state index contributed by atoms with van der Waals surface area (Å²) < 4.78 is 22.3. The van der Waals surface area contributed by atoms with Crippen molar-refractivity contribution in [3.63, 3.8) is 0 Å². The van der Waals surface area contributed by atoms with Gasteiger partial charge in [0, 0.05) is 41.0 Å². The van der Waals surface area contributed by atoms with Gasteiger partial charge in [-0.05, 0) is 80.1 Å². The molecule has 1 aliphatic carbocycles. The maximum atomic E-state index is 13.3. The topological polar surface area (TPSA) is 214 Å². The summed E-state index contributed by atoms with van der Waals surface area (Å²) >= 11 is 1.69. The molecule has 6 rings (SSSR count). The van der Waals surface area contributed by atoms with Crippen molar-refractivity contribution in [1.29, 1.82) is 0 Å². The van der Waals surface area contributed by atoms with Gasteiger partial charge in [0.25, 0.3) is 5.91 Å². The number of hydrogen-bond donors (Lipinski definition) is 8. The second-order valence-electron chi connectivity index (χ2n) is 14.0. The second-order valence-corrected chi connectivity index (χ2v) is 15.2. The molecule has 1 amide bonds. The summed E-state index contributed by atoms with van der Waals surface area (Å²) in [6, 6.07) is 16.8. The molecule has 2 unspecified atom stereocenters. The van der Waals surface area contributed by atoms with E-state index < -0.39 is 49.3 Å². The number of carbonyl (C=O) groups excluding carboxylic acids is 2. The van der Waals surface area contributed by atoms with Gasteiger partial charge in [0.1, 0.15) is 48.4 Å². The van der Waals surface area contributed by atoms with Gasteiger partial charge >= 0.3 is 5.97 Å². The van der Waals surface area contributed by atoms with Crippen molar-refractivity contribution in [3.05, 3.63) is 76.2 Å². The molecule has 1 saturated carbocycles. The number of nitrogens with two attached hydrogens (primary N) is 1. The van der Waals surface area contributed by atoms with Gasteiger partial charge in [-0.3, -0.25) is 9.59 Å². The Kier molecular flexibility index (Phi) is 13.2. The van der Waals surface area contributed by atoms with Gasteiger partial charge in [-0.15, -0.1) is 11.3 Å². The molecular formula is C38H50N4O10S. The van der Waals surface area contributed by atoms with Crippen molar-refractivity contribution >= 4 is 23.2 Å². The summed E-state index contributed by atoms with van der Waals surface area (Å²) in [7, 11) is 0. The Morgan fingerprint density at radius 3 is 2.60 bits per heavy atom. The van der Waals surface area contributed by atoms with Gasteiger partial charge in [-0.2, -0.15) is 0 Å². The number of aryl methyl sites for hydroxylation is 1. The van der Waals surface area contributed by atoms with Crippen LogP contribution < -0.4 is 26.4 Å². The molecule has 0 bridgehead atoms. The predicted molar refractivity (Wildman–Crippen MR) is 196 cm³/mol. The number of nitrogens with one attached hydrogen (secondary N) is 3. The first-order valence-electron chi connectivity index (χ1n) is 18.1. The van der Waals surface area contributed by atoms with E-state index >= 15 is 0 Å². The van der Waals surface area contributed by atoms with Crippen molar-refractivity contribution in [1.82, 2.24) is 16.0 Å². The maximum absolute atomic E-state index is 13.3. The molecule has 288 valence electrons. The Morgan fingerprint density at radius 2 is 1.85 bits per heavy atom. The summed E-state index contributed by atoms with van der Waals surface area (Å²) in [5.74, 6) is -0.105. The van der Waals surface area contributed by atoms with E-state index in [4.69, 9.17) is 24.7 Å². The van der Waals surface area contributed by atoms with Crippen LogP contribution in [0.2, 0.25) is 0 Å². The Balaban J connectivity index is 0.944. The first kappa shape index (κ1) is 39.2. The van der Waals surface area contributed by atoms with Crippen molar-refractivity contribution in [3.8, 4) is 16.2 Å². The standard InChI is InChI=1S/C38H50N4O10S/c1-20-6-8-26(50-27-15-40-16-27)14-29(20)36(47)42-21(2)22-4-3-5-23(12-22)32-11-10-28(53-32)17-41-24-7-9-25(13-24)51-37(48)30(39)19-49-38-35(46)34(45)33(44)31(18-43)52-38/h3-6,8,10-12,14,21,24-25,27,30-31,33-35,38,40-41,43-46H,7,9,13,15-19,39H2,1-2H3,(H,42,47)/t21-,24+,25-,30+,31?,33-,34+,35?,38-/m1/s1. The lowest BCUT2D eigenvalue weighted by molar-refractivity contribution is -0.301. The minimum absolute atomic E-state index is 0.133. The second kappa shape index (κ2) is 17.8. The van der Waals surface area contributed by atoms with Crippen LogP contribution >= 0.6 is 11.3 Å². The molecule has 3 aliphatic rings. The third kappa shape index (κ3) is 9.80. The Bertz CT molecular complexity index is 1700. The van der Waals surface area contributed by atoms with E-state index in [-0.39, 0.29) is 36.8 Å². The van der Waals surface area contributed by atoms with Crippen LogP contribution in [0, 0.1) is 6.92 Å². The van der Waals surface area contributed by atoms with Crippen LogP contribution in [0.1, 0.15) is 58.6 Å². The van der Waals surface area contributed by atoms with E-state index in [2.05, 4.69) is 40.2 Å². The van der Waals surface area contributed by atoms with E-state index in [9.17, 15) is 30.0 Å². The fourth-order valence-corrected chi connectivity index (χ4v) is 7.56. The van der Waals surface area contributed by atoms with Gasteiger partial charge < -0.3 is 61.1 Å². The third-order valence-electron chi connectivity index (χ3n) is 10.0. The van der Waals surface area contributed by atoms with Crippen LogP contribution in [0.5, 0.6) is 5.75 Å². The van der Waals surface area contributed by atoms with Crippen LogP contribution in [0.3, 0.4) is 0 Å². The molecule has 14 nitrogen and oxygen atoms in total. The first-order valence-corrected chi connectivity index (χ1v) is 18.9. The van der Waals surface area contributed by atoms with Gasteiger partial charge in [0.2, 0.25) is 0 Å². The number of carbonyl (C=O) groups is 2. The van der Waals surface area contributed by atoms with E-state index in [1.807, 2.05) is 44.2 Å². The minimum Gasteiger partial charge on any atom is -0.488 e. The average molecular weight is 755 g/mol. The molecule has 9 atom stereocenters. The highest BCUT2D eigenvalue weighted by atomic mass is 32.1. The van der Waals surface area contributed by atoms with Crippen LogP contribution in [0.25, 0.3) is 10.4 Å². The molecule has 0 spiro atoms. The number of rotatable bonds is 15. The van der Waals surface area contributed by atoms with Crippen molar-refractivity contribution in [2.24, 2.45) is 5.73 Å². The number of aliphatic hydroxyl groups is 4. The molecule has 15 heteroatoms. The quantitative estimate of drug-likeness (QED) is 0.103. The lowest BCUT2D eigenvalue weighted by Crippen LogP contribution is -2.59. The Labute approximate surface area is 312 Å². The average Bonchev–Trinajstić information content (AvgIpc) is 3.81. The number of thiophene rings is 1. The van der Waals surface area contributed by atoms with E-state index in [0.717, 1.165) is 46.0 Å². The smallest absolute Gasteiger partial charge is 0.325 e. The molecule has 3 aromatic rings. The number of hydrogen-bond acceptors (Lipinski definition) is 14. The van der Waals surface area contributed by atoms with Crippen LogP contribution in [0.15, 0.2) is 54.6 Å². The first-order chi connectivity index (χ1) is 25.5. The summed E-state index contributed by atoms with van der Waals surface area (Å²) in [5, 5.41) is 49.2. The van der Waals surface area contributed by atoms with Crippen LogP contribution in [-0.2, 0) is 25.5 Å². The van der Waals surface area contributed by atoms with Crippen molar-refractivity contribution in [2.75, 3.05) is 26.3 Å². The fraction of sp³-hybridized carbons (Fsp3) is 0.526. The Morgan fingerprint density at radius 1 is 1.04 bits per heavy atom. The Hall–Kier alpha value is -3.48. The highest BCUT2D eigenvalue weighted by Gasteiger charge is 2.44. The summed E-state index contributed by atoms with van der Waals surface area (Å²) in [4.78, 5) is 28.2. The SMILES string of the molecule is Cc1ccc(OC2CNC2)cc1C(=O)N[C@H](C)c1cccc(-c2ccc(CN[C@H]3CC[C@@H](OC(=O)[C@@H](N)CO[C@@H]4OC(CO)[C@@H](O)[C@H](O)C4O)C3)s2)c1. The predicted octanol–water partition coefficient (Wildman–Crippen LogP) is 1.26. The molecule has 3 fully saturated rings. The maximum Gasteiger partial charge on any atom is 0.325 e. The molecule has 3 heterocycles. The number of ether oxygens (including phenoxy) is 4. The molecule has 2 aromatic carbocycles. The zero-order chi connectivity index (χ0) is 37.6. The lowest BCUT2D eigenvalue weighted by atomic mass is 9.99. The van der Waals surface area contributed by atoms with Crippen LogP contribution in [-0.4, -0.2) is 114 Å². The minimum atomic E-state index is -1.59. The number of amides is 1.